The summed E-state index contributed by atoms with van der Waals surface area (Å²) >= 11 is 3.52. The summed E-state index contributed by atoms with van der Waals surface area (Å²) in [5, 5.41) is 7.61. The minimum absolute atomic E-state index is 0.534. The molecule has 0 bridgehead atoms. The molecule has 0 aliphatic heterocycles. The van der Waals surface area contributed by atoms with Crippen LogP contribution in [0.15, 0.2) is 35.1 Å². The number of nitrogens with one attached hydrogen (secondary N) is 1. The number of aromatic nitrogens is 2. The molecule has 21 heavy (non-hydrogen) atoms. The Bertz CT molecular complexity index is 581. The first kappa shape index (κ1) is 16.0. The predicted octanol–water partition coefficient (Wildman–Crippen LogP) is 3.51. The molecule has 0 saturated heterocycles. The Morgan fingerprint density at radius 1 is 1.38 bits per heavy atom. The summed E-state index contributed by atoms with van der Waals surface area (Å²) in [5.41, 5.74) is 2.23. The van der Waals surface area contributed by atoms with Crippen LogP contribution in [-0.2, 0) is 20.2 Å². The number of rotatable bonds is 7. The third-order valence-corrected chi connectivity index (χ3v) is 3.54. The zero-order valence-electron chi connectivity index (χ0n) is 12.8. The maximum absolute atomic E-state index is 5.93. The van der Waals surface area contributed by atoms with Crippen molar-refractivity contribution in [1.29, 1.82) is 0 Å². The Balaban J connectivity index is 2.00. The number of hydrogen-bond acceptors (Lipinski definition) is 3. The monoisotopic (exact) mass is 351 g/mol. The number of aryl methyl sites for hydroxylation is 1. The minimum atomic E-state index is 0.534. The van der Waals surface area contributed by atoms with E-state index in [4.69, 9.17) is 4.74 Å². The number of hydrogen-bond donors (Lipinski definition) is 1. The van der Waals surface area contributed by atoms with Crippen molar-refractivity contribution in [3.8, 4) is 5.75 Å². The van der Waals surface area contributed by atoms with Gasteiger partial charge in [0.05, 0.1) is 6.20 Å². The standard InChI is InChI=1S/C16H22BrN3O/c1-12(2)7-18-9-14-6-15(17)4-5-16(14)21-11-13-8-19-20(3)10-13/h4-6,8,10,12,18H,7,9,11H2,1-3H3. The first-order valence-electron chi connectivity index (χ1n) is 7.14. The third kappa shape index (κ3) is 5.17. The van der Waals surface area contributed by atoms with Crippen molar-refractivity contribution in [2.24, 2.45) is 13.0 Å². The second-order valence-corrected chi connectivity index (χ2v) is 6.50. The highest BCUT2D eigenvalue weighted by Gasteiger charge is 2.06. The first-order valence-corrected chi connectivity index (χ1v) is 7.93. The Morgan fingerprint density at radius 3 is 2.86 bits per heavy atom. The minimum Gasteiger partial charge on any atom is -0.488 e. The van der Waals surface area contributed by atoms with E-state index >= 15 is 0 Å². The molecule has 1 aromatic heterocycles. The third-order valence-electron chi connectivity index (χ3n) is 3.04. The van der Waals surface area contributed by atoms with E-state index in [0.29, 0.717) is 12.5 Å². The van der Waals surface area contributed by atoms with E-state index in [1.54, 1.807) is 4.68 Å². The molecule has 0 fully saturated rings. The van der Waals surface area contributed by atoms with E-state index in [2.05, 4.69) is 46.3 Å². The molecular formula is C16H22BrN3O. The summed E-state index contributed by atoms with van der Waals surface area (Å²) in [4.78, 5) is 0. The molecule has 1 aromatic carbocycles. The Labute approximate surface area is 134 Å². The first-order chi connectivity index (χ1) is 10.0. The molecular weight excluding hydrogens is 330 g/mol. The van der Waals surface area contributed by atoms with Crippen LogP contribution >= 0.6 is 15.9 Å². The molecule has 114 valence electrons. The highest BCUT2D eigenvalue weighted by molar-refractivity contribution is 9.10. The van der Waals surface area contributed by atoms with Crippen LogP contribution in [0.4, 0.5) is 0 Å². The van der Waals surface area contributed by atoms with Gasteiger partial charge in [0.1, 0.15) is 12.4 Å². The summed E-state index contributed by atoms with van der Waals surface area (Å²) < 4.78 is 8.79. The molecule has 0 aliphatic rings. The molecule has 4 nitrogen and oxygen atoms in total. The number of benzene rings is 1. The number of ether oxygens (including phenoxy) is 1. The van der Waals surface area contributed by atoms with Gasteiger partial charge in [-0.1, -0.05) is 29.8 Å². The summed E-state index contributed by atoms with van der Waals surface area (Å²) in [6.45, 7) is 6.74. The summed E-state index contributed by atoms with van der Waals surface area (Å²) in [6.07, 6.45) is 3.80. The van der Waals surface area contributed by atoms with Gasteiger partial charge in [-0.25, -0.2) is 0 Å². The SMILES string of the molecule is CC(C)CNCc1cc(Br)ccc1OCc1cnn(C)c1. The lowest BCUT2D eigenvalue weighted by atomic mass is 10.2. The predicted molar refractivity (Wildman–Crippen MR) is 88.2 cm³/mol. The van der Waals surface area contributed by atoms with E-state index in [9.17, 15) is 0 Å². The Kier molecular flexibility index (Phi) is 5.82. The van der Waals surface area contributed by atoms with Gasteiger partial charge < -0.3 is 10.1 Å². The maximum atomic E-state index is 5.93. The van der Waals surface area contributed by atoms with Crippen molar-refractivity contribution in [3.63, 3.8) is 0 Å². The zero-order chi connectivity index (χ0) is 15.2. The van der Waals surface area contributed by atoms with Gasteiger partial charge in [-0.3, -0.25) is 4.68 Å². The van der Waals surface area contributed by atoms with Crippen LogP contribution in [0.2, 0.25) is 0 Å². The molecule has 2 rings (SSSR count). The maximum Gasteiger partial charge on any atom is 0.124 e. The van der Waals surface area contributed by atoms with Crippen molar-refractivity contribution >= 4 is 15.9 Å². The van der Waals surface area contributed by atoms with Crippen LogP contribution in [0.3, 0.4) is 0 Å². The largest absolute Gasteiger partial charge is 0.488 e. The normalized spacial score (nSPS) is 11.1. The molecule has 1 N–H and O–H groups in total. The van der Waals surface area contributed by atoms with Crippen LogP contribution in [-0.4, -0.2) is 16.3 Å². The van der Waals surface area contributed by atoms with Gasteiger partial charge in [-0.2, -0.15) is 5.10 Å². The van der Waals surface area contributed by atoms with Gasteiger partial charge in [-0.15, -0.1) is 0 Å². The van der Waals surface area contributed by atoms with Gasteiger partial charge in [0, 0.05) is 35.4 Å². The number of nitrogens with zero attached hydrogens (tertiary/aromatic N) is 2. The molecule has 0 spiro atoms. The van der Waals surface area contributed by atoms with Crippen LogP contribution in [0, 0.1) is 5.92 Å². The fourth-order valence-corrected chi connectivity index (χ4v) is 2.44. The molecule has 0 radical (unpaired) electrons. The second-order valence-electron chi connectivity index (χ2n) is 5.59. The van der Waals surface area contributed by atoms with Gasteiger partial charge in [0.2, 0.25) is 0 Å². The summed E-state index contributed by atoms with van der Waals surface area (Å²) in [5.74, 6) is 1.55. The topological polar surface area (TPSA) is 39.1 Å². The van der Waals surface area contributed by atoms with E-state index in [1.165, 1.54) is 0 Å². The molecule has 0 amide bonds. The van der Waals surface area contributed by atoms with Gasteiger partial charge in [-0.05, 0) is 30.7 Å². The molecule has 0 saturated carbocycles. The van der Waals surface area contributed by atoms with Crippen LogP contribution < -0.4 is 10.1 Å². The fourth-order valence-electron chi connectivity index (χ4n) is 2.03. The molecule has 0 aliphatic carbocycles. The lowest BCUT2D eigenvalue weighted by Gasteiger charge is -2.13. The number of halogens is 1. The van der Waals surface area contributed by atoms with Crippen molar-refractivity contribution in [3.05, 3.63) is 46.2 Å². The lowest BCUT2D eigenvalue weighted by Crippen LogP contribution is -2.19. The van der Waals surface area contributed by atoms with Crippen LogP contribution in [0.1, 0.15) is 25.0 Å². The summed E-state index contributed by atoms with van der Waals surface area (Å²) in [6, 6.07) is 6.11. The molecule has 1 heterocycles. The van der Waals surface area contributed by atoms with E-state index in [1.807, 2.05) is 31.6 Å². The van der Waals surface area contributed by atoms with E-state index < -0.39 is 0 Å². The highest BCUT2D eigenvalue weighted by atomic mass is 79.9. The molecule has 5 heteroatoms. The Morgan fingerprint density at radius 2 is 2.19 bits per heavy atom. The van der Waals surface area contributed by atoms with Gasteiger partial charge in [0.15, 0.2) is 0 Å². The lowest BCUT2D eigenvalue weighted by molar-refractivity contribution is 0.301. The Hall–Kier alpha value is -1.33. The average molecular weight is 352 g/mol. The van der Waals surface area contributed by atoms with Gasteiger partial charge in [0.25, 0.3) is 0 Å². The van der Waals surface area contributed by atoms with E-state index in [0.717, 1.165) is 34.4 Å². The van der Waals surface area contributed by atoms with Crippen molar-refractivity contribution in [2.75, 3.05) is 6.54 Å². The average Bonchev–Trinajstić information content (AvgIpc) is 2.83. The van der Waals surface area contributed by atoms with Crippen molar-refractivity contribution in [1.82, 2.24) is 15.1 Å². The smallest absolute Gasteiger partial charge is 0.124 e. The van der Waals surface area contributed by atoms with Crippen molar-refractivity contribution < 1.29 is 4.74 Å². The fraction of sp³-hybridized carbons (Fsp3) is 0.438. The zero-order valence-corrected chi connectivity index (χ0v) is 14.4. The molecule has 2 aromatic rings. The van der Waals surface area contributed by atoms with Crippen LogP contribution in [0.25, 0.3) is 0 Å². The second kappa shape index (κ2) is 7.61. The molecule has 0 unspecified atom stereocenters. The van der Waals surface area contributed by atoms with Gasteiger partial charge >= 0.3 is 0 Å². The van der Waals surface area contributed by atoms with E-state index in [-0.39, 0.29) is 0 Å². The highest BCUT2D eigenvalue weighted by Crippen LogP contribution is 2.24. The van der Waals surface area contributed by atoms with Crippen LogP contribution in [0.5, 0.6) is 5.75 Å². The summed E-state index contributed by atoms with van der Waals surface area (Å²) in [7, 11) is 1.91. The van der Waals surface area contributed by atoms with Crippen molar-refractivity contribution in [2.45, 2.75) is 27.0 Å². The molecule has 0 atom stereocenters. The quantitative estimate of drug-likeness (QED) is 0.829.